The van der Waals surface area contributed by atoms with Gasteiger partial charge < -0.3 is 5.32 Å². The normalized spacial score (nSPS) is 20.8. The second-order valence-corrected chi connectivity index (χ2v) is 6.61. The van der Waals surface area contributed by atoms with Gasteiger partial charge in [0.2, 0.25) is 10.9 Å². The summed E-state index contributed by atoms with van der Waals surface area (Å²) >= 11 is 0. The van der Waals surface area contributed by atoms with Crippen LogP contribution in [0.25, 0.3) is 0 Å². The fourth-order valence-electron chi connectivity index (χ4n) is 2.87. The van der Waals surface area contributed by atoms with E-state index >= 15 is 0 Å². The van der Waals surface area contributed by atoms with Gasteiger partial charge in [0.15, 0.2) is 5.78 Å². The number of thiol groups is 1. The minimum atomic E-state index is -2.74. The summed E-state index contributed by atoms with van der Waals surface area (Å²) in [4.78, 5) is 21.0. The minimum Gasteiger partial charge on any atom is -0.367 e. The molecule has 1 aromatic rings. The van der Waals surface area contributed by atoms with Crippen LogP contribution in [-0.4, -0.2) is 45.4 Å². The van der Waals surface area contributed by atoms with Gasteiger partial charge in [-0.05, 0) is 30.5 Å². The molecule has 2 atom stereocenters. The molecular formula is C16H16F2N4O3S. The van der Waals surface area contributed by atoms with Crippen LogP contribution in [0.5, 0.6) is 0 Å². The average Bonchev–Trinajstić information content (AvgIpc) is 3.04. The van der Waals surface area contributed by atoms with Gasteiger partial charge in [0.1, 0.15) is 23.8 Å². The number of fused-ring (bicyclic) bond motifs is 1. The molecule has 0 saturated heterocycles. The third kappa shape index (κ3) is 3.86. The highest BCUT2D eigenvalue weighted by Crippen LogP contribution is 2.26. The molecule has 7 nitrogen and oxygen atoms in total. The highest BCUT2D eigenvalue weighted by Gasteiger charge is 2.35. The molecular weight excluding hydrogens is 366 g/mol. The number of hydrogen-bond acceptors (Lipinski definition) is 6. The number of ketones is 1. The number of benzene rings is 1. The maximum atomic E-state index is 14.7. The molecule has 2 unspecified atom stereocenters. The Morgan fingerprint density at radius 1 is 1.23 bits per heavy atom. The summed E-state index contributed by atoms with van der Waals surface area (Å²) in [7, 11) is -2.74. The lowest BCUT2D eigenvalue weighted by molar-refractivity contribution is 0.102. The molecule has 0 saturated carbocycles. The van der Waals surface area contributed by atoms with E-state index in [4.69, 9.17) is 0 Å². The maximum Gasteiger partial charge on any atom is 0.201 e. The van der Waals surface area contributed by atoms with E-state index in [2.05, 4.69) is 20.0 Å². The number of carbonyl (C=O) groups excluding carboxylic acids is 1. The number of aryl methyl sites for hydroxylation is 1. The van der Waals surface area contributed by atoms with Gasteiger partial charge in [-0.15, -0.1) is 0 Å². The van der Waals surface area contributed by atoms with E-state index < -0.39 is 40.5 Å². The van der Waals surface area contributed by atoms with E-state index in [0.717, 1.165) is 12.1 Å². The van der Waals surface area contributed by atoms with Gasteiger partial charge in [-0.3, -0.25) is 14.8 Å². The predicted octanol–water partition coefficient (Wildman–Crippen LogP) is 0.533. The molecule has 138 valence electrons. The lowest BCUT2D eigenvalue weighted by Crippen LogP contribution is -2.32. The van der Waals surface area contributed by atoms with Crippen LogP contribution in [0.3, 0.4) is 0 Å². The summed E-state index contributed by atoms with van der Waals surface area (Å²) in [5.74, 6) is -2.20. The van der Waals surface area contributed by atoms with E-state index in [9.17, 15) is 22.0 Å². The summed E-state index contributed by atoms with van der Waals surface area (Å²) in [6.45, 7) is 0.101. The first-order valence-corrected chi connectivity index (χ1v) is 9.06. The Hall–Kier alpha value is -2.46. The zero-order chi connectivity index (χ0) is 18.7. The summed E-state index contributed by atoms with van der Waals surface area (Å²) in [5, 5.41) is 2.88. The molecule has 26 heavy (non-hydrogen) atoms. The van der Waals surface area contributed by atoms with Crippen molar-refractivity contribution < 1.29 is 22.0 Å². The van der Waals surface area contributed by atoms with Crippen molar-refractivity contribution in [3.8, 4) is 0 Å². The molecule has 0 fully saturated rings. The minimum absolute atomic E-state index is 0.0181. The van der Waals surface area contributed by atoms with Crippen molar-refractivity contribution in [2.75, 3.05) is 6.54 Å². The number of halogens is 2. The number of hydrogen-bond donors (Lipinski definition) is 3. The topological polar surface area (TPSA) is 100.0 Å². The van der Waals surface area contributed by atoms with Crippen LogP contribution in [0.4, 0.5) is 8.78 Å². The van der Waals surface area contributed by atoms with Crippen LogP contribution in [-0.2, 0) is 17.3 Å². The molecule has 0 amide bonds. The van der Waals surface area contributed by atoms with Gasteiger partial charge in [-0.25, -0.2) is 21.9 Å². The van der Waals surface area contributed by atoms with Crippen molar-refractivity contribution in [1.29, 1.82) is 0 Å². The van der Waals surface area contributed by atoms with Gasteiger partial charge in [0.25, 0.3) is 0 Å². The lowest BCUT2D eigenvalue weighted by atomic mass is 9.95. The van der Waals surface area contributed by atoms with Crippen LogP contribution >= 0.6 is 0 Å². The highest BCUT2D eigenvalue weighted by atomic mass is 32.2. The molecule has 2 heterocycles. The summed E-state index contributed by atoms with van der Waals surface area (Å²) < 4.78 is 51.7. The van der Waals surface area contributed by atoms with Crippen LogP contribution in [0.1, 0.15) is 22.3 Å². The quantitative estimate of drug-likeness (QED) is 0.364. The fraction of sp³-hybridized carbons (Fsp3) is 0.312. The number of carbonyl (C=O) groups is 1. The van der Waals surface area contributed by atoms with Crippen LogP contribution in [0.15, 0.2) is 33.9 Å². The van der Waals surface area contributed by atoms with Crippen molar-refractivity contribution in [1.82, 2.24) is 10.0 Å². The molecule has 0 spiro atoms. The summed E-state index contributed by atoms with van der Waals surface area (Å²) in [6.07, 6.45) is 4.32. The van der Waals surface area contributed by atoms with Gasteiger partial charge >= 0.3 is 0 Å². The van der Waals surface area contributed by atoms with Crippen LogP contribution in [0, 0.1) is 11.6 Å². The fourth-order valence-corrected chi connectivity index (χ4v) is 3.21. The van der Waals surface area contributed by atoms with E-state index in [1.54, 1.807) is 0 Å². The smallest absolute Gasteiger partial charge is 0.201 e. The number of nitrogens with one attached hydrogen (secondary N) is 2. The molecule has 0 aliphatic carbocycles. The molecule has 0 aromatic heterocycles. The third-order valence-corrected chi connectivity index (χ3v) is 4.55. The molecule has 2 aliphatic rings. The Labute approximate surface area is 150 Å². The largest absolute Gasteiger partial charge is 0.367 e. The molecule has 2 aliphatic heterocycles. The lowest BCUT2D eigenvalue weighted by Gasteiger charge is -2.17. The highest BCUT2D eigenvalue weighted by molar-refractivity contribution is 7.70. The number of nitrogens with zero attached hydrogens (tertiary/aromatic N) is 2. The van der Waals surface area contributed by atoms with Gasteiger partial charge in [-0.1, -0.05) is 0 Å². The molecule has 10 heteroatoms. The van der Waals surface area contributed by atoms with Gasteiger partial charge in [-0.2, -0.15) is 0 Å². The average molecular weight is 382 g/mol. The van der Waals surface area contributed by atoms with Crippen molar-refractivity contribution in [2.45, 2.75) is 25.0 Å². The van der Waals surface area contributed by atoms with Crippen LogP contribution < -0.4 is 10.0 Å². The Balaban J connectivity index is 1.80. The Bertz CT molecular complexity index is 888. The number of rotatable bonds is 7. The third-order valence-electron chi connectivity index (χ3n) is 4.07. The van der Waals surface area contributed by atoms with Crippen molar-refractivity contribution in [3.05, 3.63) is 46.7 Å². The van der Waals surface area contributed by atoms with E-state index in [-0.39, 0.29) is 36.1 Å². The monoisotopic (exact) mass is 382 g/mol. The van der Waals surface area contributed by atoms with Crippen LogP contribution in [0.2, 0.25) is 0 Å². The van der Waals surface area contributed by atoms with Gasteiger partial charge in [0, 0.05) is 30.7 Å². The first kappa shape index (κ1) is 18.3. The SMILES string of the molecule is O=C(C1=CNC2N=CC=NC12)c1cc(F)cc(CCCN[SH](=O)=O)c1F. The standard InChI is InChI=1S/C16H16F2N4O3S/c17-10-6-9(2-1-3-22-26(24)25)13(18)11(7-10)15(23)12-8-21-16-14(12)19-4-5-20-16/h4-8,14,16,21,26H,1-3H2,(H,22,24,25). The first-order valence-electron chi connectivity index (χ1n) is 7.89. The summed E-state index contributed by atoms with van der Waals surface area (Å²) in [5.41, 5.74) is -0.144. The van der Waals surface area contributed by atoms with Crippen molar-refractivity contribution in [2.24, 2.45) is 9.98 Å². The Morgan fingerprint density at radius 2 is 2.00 bits per heavy atom. The zero-order valence-electron chi connectivity index (χ0n) is 13.5. The maximum absolute atomic E-state index is 14.7. The second-order valence-electron chi connectivity index (χ2n) is 5.78. The predicted molar refractivity (Wildman–Crippen MR) is 93.1 cm³/mol. The zero-order valence-corrected chi connectivity index (χ0v) is 14.4. The molecule has 3 rings (SSSR count). The molecule has 0 bridgehead atoms. The first-order chi connectivity index (χ1) is 12.5. The van der Waals surface area contributed by atoms with Crippen molar-refractivity contribution >= 4 is 29.1 Å². The molecule has 0 radical (unpaired) electrons. The van der Waals surface area contributed by atoms with E-state index in [1.807, 2.05) is 0 Å². The second kappa shape index (κ2) is 7.83. The number of Topliss-reactive ketones (excluding diaryl/α,β-unsaturated/α-hetero) is 1. The Morgan fingerprint density at radius 3 is 2.77 bits per heavy atom. The van der Waals surface area contributed by atoms with Crippen molar-refractivity contribution in [3.63, 3.8) is 0 Å². The molecule has 2 N–H and O–H groups in total. The molecule has 1 aromatic carbocycles. The number of aliphatic imine (C=N–C) groups is 2. The summed E-state index contributed by atoms with van der Waals surface area (Å²) in [6, 6.07) is 1.30. The van der Waals surface area contributed by atoms with E-state index in [0.29, 0.717) is 0 Å². The van der Waals surface area contributed by atoms with Gasteiger partial charge in [0.05, 0.1) is 5.56 Å². The van der Waals surface area contributed by atoms with E-state index in [1.165, 1.54) is 18.6 Å². The Kier molecular flexibility index (Phi) is 5.52.